The summed E-state index contributed by atoms with van der Waals surface area (Å²) in [5.74, 6) is -0.351. The molecule has 54 valence electrons. The van der Waals surface area contributed by atoms with E-state index in [1.807, 2.05) is 0 Å². The van der Waals surface area contributed by atoms with Gasteiger partial charge in [0.05, 0.1) is 19.7 Å². The highest BCUT2D eigenvalue weighted by Crippen LogP contribution is 1.92. The zero-order valence-electron chi connectivity index (χ0n) is 5.40. The number of aromatic nitrogens is 2. The summed E-state index contributed by atoms with van der Waals surface area (Å²) < 4.78 is 8.63. The maximum Gasteiger partial charge on any atom is 0.311 e. The summed E-state index contributed by atoms with van der Waals surface area (Å²) in [5, 5.41) is 6.73. The maximum absolute atomic E-state index is 10.5. The van der Waals surface area contributed by atoms with Crippen molar-refractivity contribution in [3.8, 4) is 0 Å². The third-order valence-electron chi connectivity index (χ3n) is 0.960. The SMILES string of the molecule is COC(=O)Cc1cnon1. The normalized spacial score (nSPS) is 9.30. The van der Waals surface area contributed by atoms with Gasteiger partial charge in [0.15, 0.2) is 0 Å². The summed E-state index contributed by atoms with van der Waals surface area (Å²) in [4.78, 5) is 10.5. The van der Waals surface area contributed by atoms with Crippen LogP contribution in [-0.4, -0.2) is 23.4 Å². The number of rotatable bonds is 2. The molecule has 5 nitrogen and oxygen atoms in total. The lowest BCUT2D eigenvalue weighted by Gasteiger charge is -1.91. The molecule has 1 rings (SSSR count). The number of ether oxygens (including phenoxy) is 1. The number of carbonyl (C=O) groups excluding carboxylic acids is 1. The van der Waals surface area contributed by atoms with Crippen LogP contribution >= 0.6 is 0 Å². The first-order chi connectivity index (χ1) is 4.83. The van der Waals surface area contributed by atoms with Gasteiger partial charge in [0.2, 0.25) is 0 Å². The maximum atomic E-state index is 10.5. The fraction of sp³-hybridized carbons (Fsp3) is 0.400. The summed E-state index contributed by atoms with van der Waals surface area (Å²) in [6.45, 7) is 0. The van der Waals surface area contributed by atoms with Crippen LogP contribution in [0.5, 0.6) is 0 Å². The second kappa shape index (κ2) is 2.95. The van der Waals surface area contributed by atoms with Gasteiger partial charge in [0.1, 0.15) is 5.69 Å². The van der Waals surface area contributed by atoms with Crippen molar-refractivity contribution in [2.75, 3.05) is 7.11 Å². The largest absolute Gasteiger partial charge is 0.469 e. The van der Waals surface area contributed by atoms with Gasteiger partial charge in [-0.05, 0) is 0 Å². The van der Waals surface area contributed by atoms with Crippen molar-refractivity contribution in [3.05, 3.63) is 11.9 Å². The Kier molecular flexibility index (Phi) is 1.99. The second-order valence-electron chi connectivity index (χ2n) is 1.65. The lowest BCUT2D eigenvalue weighted by atomic mass is 10.3. The van der Waals surface area contributed by atoms with Crippen LogP contribution in [0.25, 0.3) is 0 Å². The first-order valence-corrected chi connectivity index (χ1v) is 2.66. The minimum atomic E-state index is -0.351. The van der Waals surface area contributed by atoms with Gasteiger partial charge in [-0.15, -0.1) is 0 Å². The molecule has 0 saturated heterocycles. The van der Waals surface area contributed by atoms with Crippen LogP contribution < -0.4 is 0 Å². The lowest BCUT2D eigenvalue weighted by molar-refractivity contribution is -0.139. The average Bonchev–Trinajstić information content (AvgIpc) is 2.40. The minimum absolute atomic E-state index is 0.111. The number of hydrogen-bond acceptors (Lipinski definition) is 5. The van der Waals surface area contributed by atoms with Crippen molar-refractivity contribution in [1.82, 2.24) is 10.3 Å². The van der Waals surface area contributed by atoms with Crippen LogP contribution in [0.3, 0.4) is 0 Å². The fourth-order valence-electron chi connectivity index (χ4n) is 0.482. The molecule has 0 radical (unpaired) electrons. The molecule has 0 aliphatic heterocycles. The van der Waals surface area contributed by atoms with Gasteiger partial charge >= 0.3 is 5.97 Å². The molecule has 0 N–H and O–H groups in total. The van der Waals surface area contributed by atoms with Crippen molar-refractivity contribution in [2.24, 2.45) is 0 Å². The lowest BCUT2D eigenvalue weighted by Crippen LogP contribution is -2.04. The molecular weight excluding hydrogens is 136 g/mol. The van der Waals surface area contributed by atoms with Crippen molar-refractivity contribution in [1.29, 1.82) is 0 Å². The van der Waals surface area contributed by atoms with Gasteiger partial charge in [-0.25, -0.2) is 4.63 Å². The third kappa shape index (κ3) is 1.54. The molecule has 0 spiro atoms. The van der Waals surface area contributed by atoms with E-state index < -0.39 is 0 Å². The summed E-state index contributed by atoms with van der Waals surface area (Å²) in [6, 6.07) is 0. The van der Waals surface area contributed by atoms with E-state index in [4.69, 9.17) is 0 Å². The van der Waals surface area contributed by atoms with E-state index in [0.29, 0.717) is 5.69 Å². The number of nitrogens with zero attached hydrogens (tertiary/aromatic N) is 2. The highest BCUT2D eigenvalue weighted by Gasteiger charge is 2.04. The highest BCUT2D eigenvalue weighted by atomic mass is 16.6. The van der Waals surface area contributed by atoms with Gasteiger partial charge in [0, 0.05) is 0 Å². The Morgan fingerprint density at radius 1 is 1.90 bits per heavy atom. The number of carbonyl (C=O) groups is 1. The topological polar surface area (TPSA) is 65.2 Å². The first-order valence-electron chi connectivity index (χ1n) is 2.66. The van der Waals surface area contributed by atoms with Gasteiger partial charge in [-0.2, -0.15) is 0 Å². The molecule has 0 unspecified atom stereocenters. The van der Waals surface area contributed by atoms with Crippen LogP contribution in [0.15, 0.2) is 10.8 Å². The Bertz CT molecular complexity index is 207. The Hall–Kier alpha value is -1.39. The predicted molar refractivity (Wildman–Crippen MR) is 30.0 cm³/mol. The zero-order chi connectivity index (χ0) is 7.40. The van der Waals surface area contributed by atoms with E-state index in [1.54, 1.807) is 0 Å². The predicted octanol–water partition coefficient (Wildman–Crippen LogP) is -0.215. The van der Waals surface area contributed by atoms with E-state index in [9.17, 15) is 4.79 Å². The average molecular weight is 142 g/mol. The Balaban J connectivity index is 2.48. The molecular formula is C5H6N2O3. The summed E-state index contributed by atoms with van der Waals surface area (Å²) >= 11 is 0. The Labute approximate surface area is 56.9 Å². The summed E-state index contributed by atoms with van der Waals surface area (Å²) in [5.41, 5.74) is 0.479. The molecule has 1 heterocycles. The smallest absolute Gasteiger partial charge is 0.311 e. The first kappa shape index (κ1) is 6.73. The molecule has 0 amide bonds. The molecule has 0 aromatic carbocycles. The summed E-state index contributed by atoms with van der Waals surface area (Å²) in [6.07, 6.45) is 1.48. The van der Waals surface area contributed by atoms with Crippen LogP contribution in [0.4, 0.5) is 0 Å². The molecule has 0 aliphatic rings. The molecule has 0 saturated carbocycles. The molecule has 10 heavy (non-hydrogen) atoms. The Morgan fingerprint density at radius 3 is 3.20 bits per heavy atom. The molecule has 1 aromatic heterocycles. The van der Waals surface area contributed by atoms with Crippen LogP contribution in [0.1, 0.15) is 5.69 Å². The standard InChI is InChI=1S/C5H6N2O3/c1-9-5(8)2-4-3-6-10-7-4/h3H,2H2,1H3. The van der Waals surface area contributed by atoms with Crippen LogP contribution in [-0.2, 0) is 16.0 Å². The van der Waals surface area contributed by atoms with Gasteiger partial charge < -0.3 is 4.74 Å². The molecule has 0 bridgehead atoms. The van der Waals surface area contributed by atoms with Gasteiger partial charge in [-0.3, -0.25) is 4.79 Å². The molecule has 5 heteroatoms. The Morgan fingerprint density at radius 2 is 2.70 bits per heavy atom. The van der Waals surface area contributed by atoms with Gasteiger partial charge in [-0.1, -0.05) is 10.3 Å². The highest BCUT2D eigenvalue weighted by molar-refractivity contribution is 5.71. The van der Waals surface area contributed by atoms with Crippen molar-refractivity contribution in [3.63, 3.8) is 0 Å². The van der Waals surface area contributed by atoms with E-state index >= 15 is 0 Å². The molecule has 0 aliphatic carbocycles. The van der Waals surface area contributed by atoms with Crippen molar-refractivity contribution < 1.29 is 14.2 Å². The van der Waals surface area contributed by atoms with E-state index in [0.717, 1.165) is 0 Å². The van der Waals surface area contributed by atoms with Gasteiger partial charge in [0.25, 0.3) is 0 Å². The quantitative estimate of drug-likeness (QED) is 0.534. The van der Waals surface area contributed by atoms with E-state index in [1.165, 1.54) is 13.3 Å². The minimum Gasteiger partial charge on any atom is -0.469 e. The second-order valence-corrected chi connectivity index (χ2v) is 1.65. The van der Waals surface area contributed by atoms with Crippen LogP contribution in [0.2, 0.25) is 0 Å². The molecule has 0 fully saturated rings. The number of methoxy groups -OCH3 is 1. The third-order valence-corrected chi connectivity index (χ3v) is 0.960. The number of hydrogen-bond donors (Lipinski definition) is 0. The van der Waals surface area contributed by atoms with Crippen molar-refractivity contribution >= 4 is 5.97 Å². The van der Waals surface area contributed by atoms with E-state index in [2.05, 4.69) is 19.7 Å². The van der Waals surface area contributed by atoms with E-state index in [-0.39, 0.29) is 12.4 Å². The monoisotopic (exact) mass is 142 g/mol. The number of esters is 1. The van der Waals surface area contributed by atoms with Crippen LogP contribution in [0, 0.1) is 0 Å². The molecule has 0 atom stereocenters. The summed E-state index contributed by atoms with van der Waals surface area (Å²) in [7, 11) is 1.32. The fourth-order valence-corrected chi connectivity index (χ4v) is 0.482. The van der Waals surface area contributed by atoms with Crippen molar-refractivity contribution in [2.45, 2.75) is 6.42 Å². The zero-order valence-corrected chi connectivity index (χ0v) is 5.40. The molecule has 1 aromatic rings.